The molecule has 0 heterocycles. The molecule has 0 aliphatic rings. The third-order valence-corrected chi connectivity index (χ3v) is 1.65. The van der Waals surface area contributed by atoms with E-state index in [1.165, 1.54) is 12.1 Å². The molecule has 0 unspecified atom stereocenters. The highest BCUT2D eigenvalue weighted by Gasteiger charge is 2.12. The minimum absolute atomic E-state index is 0.181. The van der Waals surface area contributed by atoms with Crippen molar-refractivity contribution in [1.29, 1.82) is 0 Å². The molecule has 0 aliphatic heterocycles. The maximum Gasteiger partial charge on any atom is 0.130 e. The SMILES string of the molecule is Nc1cccc(F)c1[C@@H](N)CO. The Balaban J connectivity index is 3.12. The largest absolute Gasteiger partial charge is 0.398 e. The highest BCUT2D eigenvalue weighted by molar-refractivity contribution is 5.48. The second kappa shape index (κ2) is 3.51. The van der Waals surface area contributed by atoms with Crippen molar-refractivity contribution in [2.45, 2.75) is 6.04 Å². The standard InChI is InChI=1S/C8H11FN2O/c9-5-2-1-3-6(10)8(5)7(11)4-12/h1-3,7,12H,4,10-11H2/t7-/m0/s1. The molecular formula is C8H11FN2O. The van der Waals surface area contributed by atoms with E-state index in [0.717, 1.165) is 0 Å². The topological polar surface area (TPSA) is 72.3 Å². The fourth-order valence-corrected chi connectivity index (χ4v) is 1.04. The number of hydrogen-bond donors (Lipinski definition) is 3. The molecule has 0 bridgehead atoms. The fourth-order valence-electron chi connectivity index (χ4n) is 1.04. The summed E-state index contributed by atoms with van der Waals surface area (Å²) in [5, 5.41) is 8.69. The highest BCUT2D eigenvalue weighted by Crippen LogP contribution is 2.21. The number of benzene rings is 1. The molecule has 0 saturated carbocycles. The van der Waals surface area contributed by atoms with Gasteiger partial charge in [-0.3, -0.25) is 0 Å². The molecule has 1 atom stereocenters. The third-order valence-electron chi connectivity index (χ3n) is 1.65. The van der Waals surface area contributed by atoms with Gasteiger partial charge in [-0.15, -0.1) is 0 Å². The van der Waals surface area contributed by atoms with Gasteiger partial charge in [0.15, 0.2) is 0 Å². The molecule has 0 spiro atoms. The number of nitrogen functional groups attached to an aromatic ring is 1. The van der Waals surface area contributed by atoms with Crippen LogP contribution in [-0.4, -0.2) is 11.7 Å². The number of nitrogens with two attached hydrogens (primary N) is 2. The van der Waals surface area contributed by atoms with E-state index in [2.05, 4.69) is 0 Å². The Bertz CT molecular complexity index is 258. The van der Waals surface area contributed by atoms with Crippen molar-refractivity contribution < 1.29 is 9.50 Å². The molecule has 4 heteroatoms. The number of halogens is 1. The van der Waals surface area contributed by atoms with Crippen molar-refractivity contribution in [2.75, 3.05) is 12.3 Å². The number of hydrogen-bond acceptors (Lipinski definition) is 3. The van der Waals surface area contributed by atoms with Gasteiger partial charge < -0.3 is 16.6 Å². The minimum atomic E-state index is -0.744. The molecule has 0 fully saturated rings. The molecule has 0 amide bonds. The summed E-state index contributed by atoms with van der Waals surface area (Å²) in [4.78, 5) is 0. The number of rotatable bonds is 2. The summed E-state index contributed by atoms with van der Waals surface area (Å²) in [6.07, 6.45) is 0. The summed E-state index contributed by atoms with van der Waals surface area (Å²) in [6, 6.07) is 3.57. The van der Waals surface area contributed by atoms with Gasteiger partial charge in [-0.25, -0.2) is 4.39 Å². The van der Waals surface area contributed by atoms with Crippen LogP contribution in [0, 0.1) is 5.82 Å². The van der Waals surface area contributed by atoms with Crippen LogP contribution in [0.5, 0.6) is 0 Å². The Morgan fingerprint density at radius 3 is 2.67 bits per heavy atom. The smallest absolute Gasteiger partial charge is 0.130 e. The van der Waals surface area contributed by atoms with Crippen LogP contribution in [0.25, 0.3) is 0 Å². The number of anilines is 1. The zero-order valence-corrected chi connectivity index (χ0v) is 6.50. The van der Waals surface area contributed by atoms with Gasteiger partial charge in [-0.2, -0.15) is 0 Å². The molecule has 12 heavy (non-hydrogen) atoms. The first-order valence-electron chi connectivity index (χ1n) is 3.57. The van der Waals surface area contributed by atoms with Crippen molar-refractivity contribution in [1.82, 2.24) is 0 Å². The quantitative estimate of drug-likeness (QED) is 0.562. The first-order valence-corrected chi connectivity index (χ1v) is 3.57. The number of aliphatic hydroxyl groups excluding tert-OH is 1. The summed E-state index contributed by atoms with van der Waals surface area (Å²) < 4.78 is 13.0. The molecule has 1 aromatic rings. The van der Waals surface area contributed by atoms with Crippen LogP contribution in [0.2, 0.25) is 0 Å². The molecule has 66 valence electrons. The van der Waals surface area contributed by atoms with Gasteiger partial charge >= 0.3 is 0 Å². The van der Waals surface area contributed by atoms with E-state index in [0.29, 0.717) is 0 Å². The normalized spacial score (nSPS) is 12.9. The van der Waals surface area contributed by atoms with Gasteiger partial charge in [-0.1, -0.05) is 6.07 Å². The number of aliphatic hydroxyl groups is 1. The van der Waals surface area contributed by atoms with Gasteiger partial charge in [0.05, 0.1) is 12.6 Å². The van der Waals surface area contributed by atoms with Crippen LogP contribution in [-0.2, 0) is 0 Å². The third kappa shape index (κ3) is 1.54. The van der Waals surface area contributed by atoms with E-state index in [1.807, 2.05) is 0 Å². The van der Waals surface area contributed by atoms with Gasteiger partial charge in [0, 0.05) is 11.3 Å². The molecule has 5 N–H and O–H groups in total. The lowest BCUT2D eigenvalue weighted by molar-refractivity contribution is 0.265. The van der Waals surface area contributed by atoms with Gasteiger partial charge in [0.25, 0.3) is 0 Å². The zero-order valence-electron chi connectivity index (χ0n) is 6.50. The molecule has 0 radical (unpaired) electrons. The Labute approximate surface area is 69.8 Å². The van der Waals surface area contributed by atoms with E-state index < -0.39 is 11.9 Å². The lowest BCUT2D eigenvalue weighted by Gasteiger charge is -2.11. The molecule has 0 aliphatic carbocycles. The predicted molar refractivity (Wildman–Crippen MR) is 44.8 cm³/mol. The maximum atomic E-state index is 13.0. The summed E-state index contributed by atoms with van der Waals surface area (Å²) in [5.74, 6) is -0.475. The second-order valence-corrected chi connectivity index (χ2v) is 2.53. The monoisotopic (exact) mass is 170 g/mol. The average molecular weight is 170 g/mol. The van der Waals surface area contributed by atoms with Gasteiger partial charge in [0.2, 0.25) is 0 Å². The van der Waals surface area contributed by atoms with E-state index in [1.54, 1.807) is 6.07 Å². The zero-order chi connectivity index (χ0) is 9.14. The Morgan fingerprint density at radius 2 is 2.17 bits per heavy atom. The van der Waals surface area contributed by atoms with Crippen molar-refractivity contribution in [2.24, 2.45) is 5.73 Å². The maximum absolute atomic E-state index is 13.0. The van der Waals surface area contributed by atoms with Crippen molar-refractivity contribution in [3.8, 4) is 0 Å². The average Bonchev–Trinajstić information content (AvgIpc) is 2.03. The van der Waals surface area contributed by atoms with E-state index in [9.17, 15) is 4.39 Å². The van der Waals surface area contributed by atoms with Crippen LogP contribution < -0.4 is 11.5 Å². The van der Waals surface area contributed by atoms with Crippen molar-refractivity contribution in [3.63, 3.8) is 0 Å². The van der Waals surface area contributed by atoms with Crippen LogP contribution in [0.15, 0.2) is 18.2 Å². The van der Waals surface area contributed by atoms with E-state index in [-0.39, 0.29) is 17.9 Å². The summed E-state index contributed by atoms with van der Waals surface area (Å²) >= 11 is 0. The Kier molecular flexibility index (Phi) is 2.62. The first kappa shape index (κ1) is 8.96. The van der Waals surface area contributed by atoms with Crippen LogP contribution >= 0.6 is 0 Å². The molecular weight excluding hydrogens is 159 g/mol. The summed E-state index contributed by atoms with van der Waals surface area (Å²) in [7, 11) is 0. The van der Waals surface area contributed by atoms with E-state index in [4.69, 9.17) is 16.6 Å². The lowest BCUT2D eigenvalue weighted by atomic mass is 10.1. The first-order chi connectivity index (χ1) is 5.66. The van der Waals surface area contributed by atoms with Gasteiger partial charge in [0.1, 0.15) is 5.82 Å². The fraction of sp³-hybridized carbons (Fsp3) is 0.250. The van der Waals surface area contributed by atoms with E-state index >= 15 is 0 Å². The molecule has 1 aromatic carbocycles. The predicted octanol–water partition coefficient (Wildman–Crippen LogP) is 0.400. The molecule has 3 nitrogen and oxygen atoms in total. The van der Waals surface area contributed by atoms with Crippen LogP contribution in [0.1, 0.15) is 11.6 Å². The van der Waals surface area contributed by atoms with Crippen LogP contribution in [0.4, 0.5) is 10.1 Å². The molecule has 0 saturated heterocycles. The highest BCUT2D eigenvalue weighted by atomic mass is 19.1. The Hall–Kier alpha value is -1.13. The minimum Gasteiger partial charge on any atom is -0.398 e. The Morgan fingerprint density at radius 1 is 1.50 bits per heavy atom. The lowest BCUT2D eigenvalue weighted by Crippen LogP contribution is -2.17. The summed E-state index contributed by atoms with van der Waals surface area (Å²) in [5.41, 5.74) is 11.3. The summed E-state index contributed by atoms with van der Waals surface area (Å²) in [6.45, 7) is -0.314. The van der Waals surface area contributed by atoms with Crippen molar-refractivity contribution in [3.05, 3.63) is 29.6 Å². The molecule has 0 aromatic heterocycles. The van der Waals surface area contributed by atoms with Gasteiger partial charge in [-0.05, 0) is 12.1 Å². The van der Waals surface area contributed by atoms with Crippen LogP contribution in [0.3, 0.4) is 0 Å². The molecule has 1 rings (SSSR count). The van der Waals surface area contributed by atoms with Crippen molar-refractivity contribution >= 4 is 5.69 Å². The second-order valence-electron chi connectivity index (χ2n) is 2.53.